The van der Waals surface area contributed by atoms with Gasteiger partial charge in [0.05, 0.1) is 36.9 Å². The predicted octanol–water partition coefficient (Wildman–Crippen LogP) is -2.11. The summed E-state index contributed by atoms with van der Waals surface area (Å²) in [7, 11) is 0. The van der Waals surface area contributed by atoms with Crippen molar-refractivity contribution in [3.8, 4) is 0 Å². The van der Waals surface area contributed by atoms with E-state index in [4.69, 9.17) is 11.5 Å². The van der Waals surface area contributed by atoms with E-state index in [9.17, 15) is 10.2 Å². The number of fused-ring (bicyclic) bond motifs is 2. The number of nitrogens with two attached hydrogens (primary N) is 2. The summed E-state index contributed by atoms with van der Waals surface area (Å²) < 4.78 is 3.54. The molecule has 0 aromatic carbocycles. The molecule has 1 aliphatic rings. The molecule has 5 heterocycles. The van der Waals surface area contributed by atoms with Gasteiger partial charge >= 0.3 is 0 Å². The minimum atomic E-state index is -0.980. The molecule has 4 atom stereocenters. The number of aliphatic hydroxyl groups excluding tert-OH is 2. The lowest BCUT2D eigenvalue weighted by atomic mass is 10.1. The van der Waals surface area contributed by atoms with Crippen LogP contribution in [-0.2, 0) is 13.1 Å². The van der Waals surface area contributed by atoms with Crippen LogP contribution in [0, 0.1) is 0 Å². The Kier molecular flexibility index (Phi) is 4.01. The summed E-state index contributed by atoms with van der Waals surface area (Å²) >= 11 is 0. The van der Waals surface area contributed by atoms with Gasteiger partial charge in [-0.25, -0.2) is 29.9 Å². The van der Waals surface area contributed by atoms with Crippen molar-refractivity contribution in [2.24, 2.45) is 0 Å². The highest BCUT2D eigenvalue weighted by Gasteiger charge is 2.41. The molecule has 0 spiro atoms. The second kappa shape index (κ2) is 6.58. The van der Waals surface area contributed by atoms with E-state index in [2.05, 4.69) is 35.2 Å². The second-order valence-electron chi connectivity index (χ2n) is 7.02. The van der Waals surface area contributed by atoms with Gasteiger partial charge in [0.25, 0.3) is 0 Å². The Labute approximate surface area is 163 Å². The zero-order valence-electron chi connectivity index (χ0n) is 15.2. The summed E-state index contributed by atoms with van der Waals surface area (Å²) in [6.45, 7) is 0.697. The number of aromatic nitrogens is 8. The fourth-order valence-corrected chi connectivity index (χ4v) is 3.76. The lowest BCUT2D eigenvalue weighted by Crippen LogP contribution is -2.38. The van der Waals surface area contributed by atoms with Crippen molar-refractivity contribution in [1.29, 1.82) is 0 Å². The Morgan fingerprint density at radius 3 is 1.66 bits per heavy atom. The molecule has 13 heteroatoms. The zero-order chi connectivity index (χ0) is 20.1. The molecular formula is C16H19N11O2. The van der Waals surface area contributed by atoms with E-state index in [-0.39, 0.29) is 0 Å². The van der Waals surface area contributed by atoms with Gasteiger partial charge in [-0.15, -0.1) is 0 Å². The van der Waals surface area contributed by atoms with E-state index in [1.807, 2.05) is 0 Å². The maximum Gasteiger partial charge on any atom is 0.165 e. The van der Waals surface area contributed by atoms with E-state index in [0.717, 1.165) is 0 Å². The van der Waals surface area contributed by atoms with E-state index in [1.54, 1.807) is 21.8 Å². The van der Waals surface area contributed by atoms with Crippen LogP contribution in [0.5, 0.6) is 0 Å². The van der Waals surface area contributed by atoms with E-state index in [0.29, 0.717) is 47.1 Å². The molecular weight excluding hydrogens is 378 g/mol. The third kappa shape index (κ3) is 2.83. The van der Waals surface area contributed by atoms with Gasteiger partial charge in [-0.3, -0.25) is 0 Å². The van der Waals surface area contributed by atoms with Crippen LogP contribution in [0.2, 0.25) is 0 Å². The lowest BCUT2D eigenvalue weighted by molar-refractivity contribution is 0.0241. The second-order valence-corrected chi connectivity index (χ2v) is 7.02. The van der Waals surface area contributed by atoms with Crippen LogP contribution < -0.4 is 16.8 Å². The normalized spacial score (nSPS) is 24.6. The summed E-state index contributed by atoms with van der Waals surface area (Å²) in [5.74, 6) is 0.583. The van der Waals surface area contributed by atoms with Crippen molar-refractivity contribution in [2.75, 3.05) is 11.5 Å². The van der Waals surface area contributed by atoms with Crippen molar-refractivity contribution in [3.05, 3.63) is 25.3 Å². The molecule has 29 heavy (non-hydrogen) atoms. The first-order valence-corrected chi connectivity index (χ1v) is 8.97. The third-order valence-electron chi connectivity index (χ3n) is 5.25. The van der Waals surface area contributed by atoms with Gasteiger partial charge in [-0.2, -0.15) is 0 Å². The topological polar surface area (TPSA) is 192 Å². The smallest absolute Gasteiger partial charge is 0.165 e. The molecule has 4 aromatic rings. The molecule has 0 amide bonds. The van der Waals surface area contributed by atoms with E-state index >= 15 is 0 Å². The standard InChI is InChI=1S/C16H19N11O2/c17-13-9-15(21-3-19-13)26(5-23-9)1-7-11(28)12(29)8(25-7)2-27-6-24-10-14(18)20-4-22-16(10)27/h3-8,11-12,25,28-29H,1-2H2,(H2,17,19,21)(H2,18,20,22)/t7-,8-,11+,12+/m0/s1. The predicted molar refractivity (Wildman–Crippen MR) is 102 cm³/mol. The van der Waals surface area contributed by atoms with Crippen molar-refractivity contribution in [1.82, 2.24) is 44.4 Å². The van der Waals surface area contributed by atoms with Crippen molar-refractivity contribution in [2.45, 2.75) is 37.4 Å². The molecule has 0 radical (unpaired) electrons. The monoisotopic (exact) mass is 397 g/mol. The lowest BCUT2D eigenvalue weighted by Gasteiger charge is -2.16. The van der Waals surface area contributed by atoms with Crippen LogP contribution in [0.15, 0.2) is 25.3 Å². The molecule has 150 valence electrons. The van der Waals surface area contributed by atoms with E-state index in [1.165, 1.54) is 12.7 Å². The number of nitrogens with zero attached hydrogens (tertiary/aromatic N) is 8. The average Bonchev–Trinajstić information content (AvgIpc) is 3.38. The highest BCUT2D eigenvalue weighted by Crippen LogP contribution is 2.22. The summed E-state index contributed by atoms with van der Waals surface area (Å²) in [5.41, 5.74) is 13.8. The van der Waals surface area contributed by atoms with Crippen LogP contribution in [0.25, 0.3) is 22.3 Å². The van der Waals surface area contributed by atoms with Gasteiger partial charge in [0.15, 0.2) is 22.9 Å². The van der Waals surface area contributed by atoms with Gasteiger partial charge in [-0.1, -0.05) is 0 Å². The molecule has 1 fully saturated rings. The SMILES string of the molecule is Nc1ncnc2c1ncn2C[C@@H]1N[C@@H](Cn2cnc3c(N)ncnc32)[C@@H](O)[C@@H]1O. The van der Waals surface area contributed by atoms with Gasteiger partial charge in [-0.05, 0) is 0 Å². The molecule has 0 unspecified atom stereocenters. The van der Waals surface area contributed by atoms with Crippen LogP contribution in [0.3, 0.4) is 0 Å². The van der Waals surface area contributed by atoms with Gasteiger partial charge in [0.2, 0.25) is 0 Å². The number of hydrogen-bond donors (Lipinski definition) is 5. The first-order chi connectivity index (χ1) is 14.0. The van der Waals surface area contributed by atoms with Crippen molar-refractivity contribution in [3.63, 3.8) is 0 Å². The molecule has 0 saturated carbocycles. The summed E-state index contributed by atoms with van der Waals surface area (Å²) in [6, 6.07) is -0.837. The molecule has 0 aliphatic carbocycles. The maximum atomic E-state index is 10.6. The van der Waals surface area contributed by atoms with Crippen molar-refractivity contribution < 1.29 is 10.2 Å². The largest absolute Gasteiger partial charge is 0.389 e. The molecule has 1 saturated heterocycles. The highest BCUT2D eigenvalue weighted by atomic mass is 16.3. The number of anilines is 2. The Balaban J connectivity index is 1.37. The van der Waals surface area contributed by atoms with Gasteiger partial charge < -0.3 is 36.1 Å². The van der Waals surface area contributed by atoms with Gasteiger partial charge in [0.1, 0.15) is 23.7 Å². The quantitative estimate of drug-likeness (QED) is 0.253. The highest BCUT2D eigenvalue weighted by molar-refractivity contribution is 5.81. The Hall–Kier alpha value is -3.42. The minimum Gasteiger partial charge on any atom is -0.389 e. The van der Waals surface area contributed by atoms with Crippen molar-refractivity contribution >= 4 is 34.0 Å². The fraction of sp³-hybridized carbons (Fsp3) is 0.375. The number of aliphatic hydroxyl groups is 2. The average molecular weight is 397 g/mol. The maximum absolute atomic E-state index is 10.6. The molecule has 4 aromatic heterocycles. The molecule has 0 bridgehead atoms. The summed E-state index contributed by atoms with van der Waals surface area (Å²) in [4.78, 5) is 24.7. The number of rotatable bonds is 4. The number of imidazole rings is 2. The minimum absolute atomic E-state index is 0.292. The molecule has 7 N–H and O–H groups in total. The van der Waals surface area contributed by atoms with Crippen LogP contribution in [-0.4, -0.2) is 73.5 Å². The van der Waals surface area contributed by atoms with E-state index < -0.39 is 24.3 Å². The summed E-state index contributed by atoms with van der Waals surface area (Å²) in [6.07, 6.45) is 3.95. The number of hydrogen-bond acceptors (Lipinski definition) is 11. The third-order valence-corrected chi connectivity index (χ3v) is 5.25. The van der Waals surface area contributed by atoms with Crippen LogP contribution >= 0.6 is 0 Å². The van der Waals surface area contributed by atoms with Gasteiger partial charge in [0, 0.05) is 13.1 Å². The zero-order valence-corrected chi connectivity index (χ0v) is 15.2. The van der Waals surface area contributed by atoms with Crippen LogP contribution in [0.1, 0.15) is 0 Å². The first-order valence-electron chi connectivity index (χ1n) is 8.97. The Morgan fingerprint density at radius 2 is 1.21 bits per heavy atom. The Morgan fingerprint density at radius 1 is 0.759 bits per heavy atom. The van der Waals surface area contributed by atoms with Crippen LogP contribution in [0.4, 0.5) is 11.6 Å². The number of nitrogen functional groups attached to an aromatic ring is 2. The molecule has 5 rings (SSSR count). The summed E-state index contributed by atoms with van der Waals surface area (Å²) in [5, 5.41) is 24.4. The number of nitrogens with one attached hydrogen (secondary N) is 1. The fourth-order valence-electron chi connectivity index (χ4n) is 3.76. The Bertz CT molecular complexity index is 1100. The first kappa shape index (κ1) is 17.7. The molecule has 13 nitrogen and oxygen atoms in total. The molecule has 1 aliphatic heterocycles.